The summed E-state index contributed by atoms with van der Waals surface area (Å²) in [4.78, 5) is 0. The SMILES string of the molecule is CCC1(Cc2cc3c(-c4ccc(C(C)(C)C)cc4)cccc3[cH-]2)CCCCCCC1.CCC1(Cc2cc3c(-c4ccc(C(C)(C)C)cc4)cccc3[cH-]2)CCCCCCC1.C[Si]C.[Cl][Zr+2][Cl]. The fourth-order valence-electron chi connectivity index (χ4n) is 11.1. The molecule has 354 valence electrons. The number of benzene rings is 4. The van der Waals surface area contributed by atoms with Crippen molar-refractivity contribution in [2.75, 3.05) is 0 Å². The molecule has 6 aromatic carbocycles. The van der Waals surface area contributed by atoms with Crippen molar-refractivity contribution in [1.29, 1.82) is 0 Å². The molecular weight excluding hydrogens is 935 g/mol. The van der Waals surface area contributed by atoms with Crippen molar-refractivity contribution in [2.45, 2.75) is 195 Å². The van der Waals surface area contributed by atoms with E-state index in [4.69, 9.17) is 17.0 Å². The van der Waals surface area contributed by atoms with Crippen LogP contribution in [0.2, 0.25) is 13.1 Å². The number of halogens is 2. The quantitative estimate of drug-likeness (QED) is 0.105. The van der Waals surface area contributed by atoms with Gasteiger partial charge < -0.3 is 0 Å². The van der Waals surface area contributed by atoms with Crippen LogP contribution in [0.1, 0.15) is 180 Å². The van der Waals surface area contributed by atoms with Gasteiger partial charge in [-0.3, -0.25) is 0 Å². The second kappa shape index (κ2) is 26.1. The summed E-state index contributed by atoms with van der Waals surface area (Å²) in [6.07, 6.45) is 25.0. The monoisotopic (exact) mass is 1020 g/mol. The Morgan fingerprint density at radius 2 is 0.803 bits per heavy atom. The van der Waals surface area contributed by atoms with Gasteiger partial charge in [0.2, 0.25) is 0 Å². The predicted molar refractivity (Wildman–Crippen MR) is 294 cm³/mol. The van der Waals surface area contributed by atoms with Gasteiger partial charge in [0.25, 0.3) is 0 Å². The predicted octanol–water partition coefficient (Wildman–Crippen LogP) is 20.6. The fourth-order valence-corrected chi connectivity index (χ4v) is 11.1. The minimum atomic E-state index is -0.826. The van der Waals surface area contributed by atoms with Gasteiger partial charge in [-0.1, -0.05) is 217 Å². The van der Waals surface area contributed by atoms with E-state index in [9.17, 15) is 0 Å². The molecule has 0 N–H and O–H groups in total. The summed E-state index contributed by atoms with van der Waals surface area (Å²) in [5.41, 5.74) is 12.7. The fraction of sp³-hybridized carbons (Fsp3) is 0.516. The van der Waals surface area contributed by atoms with Crippen molar-refractivity contribution in [2.24, 2.45) is 10.8 Å². The molecule has 0 amide bonds. The van der Waals surface area contributed by atoms with Gasteiger partial charge in [0.15, 0.2) is 0 Å². The molecule has 2 aliphatic rings. The zero-order chi connectivity index (χ0) is 47.8. The van der Waals surface area contributed by atoms with Crippen molar-refractivity contribution in [3.8, 4) is 22.3 Å². The van der Waals surface area contributed by atoms with Crippen molar-refractivity contribution in [1.82, 2.24) is 0 Å². The van der Waals surface area contributed by atoms with Crippen LogP contribution in [0.25, 0.3) is 43.8 Å². The average molecular weight is 1020 g/mol. The van der Waals surface area contributed by atoms with E-state index in [1.165, 1.54) is 171 Å². The Morgan fingerprint density at radius 3 is 1.09 bits per heavy atom. The van der Waals surface area contributed by atoms with Gasteiger partial charge in [0, 0.05) is 9.52 Å². The van der Waals surface area contributed by atoms with Gasteiger partial charge in [-0.05, 0) is 82.4 Å². The van der Waals surface area contributed by atoms with E-state index < -0.39 is 20.8 Å². The van der Waals surface area contributed by atoms with Crippen LogP contribution in [0.3, 0.4) is 0 Å². The first-order chi connectivity index (χ1) is 31.6. The molecule has 8 rings (SSSR count). The average Bonchev–Trinajstić information content (AvgIpc) is 3.89. The molecule has 0 aliphatic heterocycles. The summed E-state index contributed by atoms with van der Waals surface area (Å²) >= 11 is -0.826. The molecule has 0 atom stereocenters. The molecule has 6 aromatic rings. The number of fused-ring (bicyclic) bond motifs is 2. The molecular formula is C62H84Cl2SiZr. The van der Waals surface area contributed by atoms with Crippen molar-refractivity contribution in [3.63, 3.8) is 0 Å². The summed E-state index contributed by atoms with van der Waals surface area (Å²) < 4.78 is 0. The van der Waals surface area contributed by atoms with Gasteiger partial charge >= 0.3 is 37.9 Å². The maximum absolute atomic E-state index is 4.93. The zero-order valence-electron chi connectivity index (χ0n) is 42.9. The molecule has 0 aromatic heterocycles. The Balaban J connectivity index is 0.000000221. The van der Waals surface area contributed by atoms with Crippen LogP contribution in [0.4, 0.5) is 0 Å². The van der Waals surface area contributed by atoms with Crippen LogP contribution in [0.5, 0.6) is 0 Å². The molecule has 2 fully saturated rings. The van der Waals surface area contributed by atoms with Crippen LogP contribution in [0, 0.1) is 10.8 Å². The van der Waals surface area contributed by atoms with E-state index in [1.54, 1.807) is 11.1 Å². The van der Waals surface area contributed by atoms with Gasteiger partial charge in [0.1, 0.15) is 0 Å². The van der Waals surface area contributed by atoms with Crippen LogP contribution < -0.4 is 0 Å². The Morgan fingerprint density at radius 1 is 0.500 bits per heavy atom. The van der Waals surface area contributed by atoms with Gasteiger partial charge in [-0.25, -0.2) is 0 Å². The standard InChI is InChI=1S/2C30H39.C2H6Si.2ClH.Zr/c2*1-5-30(18-9-7-6-8-10-19-30)22-23-20-25-12-11-13-27(28(25)21-23)24-14-16-26(17-15-24)29(2,3)4;1-3-2;;;/h2*11-17,20-21H,5-10,18-19,22H2,1-4H3;1-2H3;2*1H;/q2*-1;;;;+4/p-2. The van der Waals surface area contributed by atoms with E-state index in [0.29, 0.717) is 10.8 Å². The molecule has 0 unspecified atom stereocenters. The molecule has 0 heterocycles. The van der Waals surface area contributed by atoms with Gasteiger partial charge in [0.05, 0.1) is 0 Å². The van der Waals surface area contributed by atoms with E-state index >= 15 is 0 Å². The van der Waals surface area contributed by atoms with Crippen LogP contribution in [0.15, 0.2) is 109 Å². The van der Waals surface area contributed by atoms with E-state index in [1.807, 2.05) is 0 Å². The van der Waals surface area contributed by atoms with Crippen LogP contribution in [-0.2, 0) is 44.5 Å². The Hall–Kier alpha value is -2.22. The van der Waals surface area contributed by atoms with Crippen molar-refractivity contribution >= 4 is 48.1 Å². The van der Waals surface area contributed by atoms with Crippen LogP contribution in [-0.4, -0.2) is 9.52 Å². The molecule has 0 saturated heterocycles. The zero-order valence-corrected chi connectivity index (χ0v) is 47.8. The molecule has 0 bridgehead atoms. The van der Waals surface area contributed by atoms with Crippen molar-refractivity contribution < 1.29 is 20.8 Å². The first-order valence-corrected chi connectivity index (χ1v) is 34.1. The summed E-state index contributed by atoms with van der Waals surface area (Å²) in [5, 5.41) is 5.65. The van der Waals surface area contributed by atoms with Gasteiger partial charge in [-0.2, -0.15) is 12.1 Å². The first kappa shape index (κ1) is 54.7. The Bertz CT molecular complexity index is 2130. The van der Waals surface area contributed by atoms with E-state index in [2.05, 4.69) is 178 Å². The summed E-state index contributed by atoms with van der Waals surface area (Å²) in [5.74, 6) is 0. The molecule has 2 saturated carbocycles. The number of rotatable bonds is 8. The molecule has 2 aliphatic carbocycles. The second-order valence-corrected chi connectivity index (χ2v) is 26.9. The van der Waals surface area contributed by atoms with Crippen molar-refractivity contribution in [3.05, 3.63) is 131 Å². The third kappa shape index (κ3) is 15.4. The minimum absolute atomic E-state index is 0.198. The van der Waals surface area contributed by atoms with Crippen LogP contribution >= 0.6 is 17.0 Å². The third-order valence-electron chi connectivity index (χ3n) is 15.2. The van der Waals surface area contributed by atoms with E-state index in [-0.39, 0.29) is 10.8 Å². The summed E-state index contributed by atoms with van der Waals surface area (Å²) in [6, 6.07) is 42.0. The summed E-state index contributed by atoms with van der Waals surface area (Å²) in [6.45, 7) is 22.8. The Kier molecular flexibility index (Phi) is 21.7. The molecule has 0 spiro atoms. The molecule has 0 nitrogen and oxygen atoms in total. The maximum atomic E-state index is 4.93. The molecule has 4 heteroatoms. The van der Waals surface area contributed by atoms with E-state index in [0.717, 1.165) is 9.52 Å². The number of hydrogen-bond acceptors (Lipinski definition) is 0. The normalized spacial score (nSPS) is 16.4. The third-order valence-corrected chi connectivity index (χ3v) is 15.2. The summed E-state index contributed by atoms with van der Waals surface area (Å²) in [7, 11) is 11.0. The number of hydrogen-bond donors (Lipinski definition) is 0. The Labute approximate surface area is 425 Å². The van der Waals surface area contributed by atoms with Gasteiger partial charge in [-0.15, -0.1) is 69.1 Å². The second-order valence-electron chi connectivity index (χ2n) is 22.2. The topological polar surface area (TPSA) is 0 Å². The molecule has 2 radical (unpaired) electrons. The first-order valence-electron chi connectivity index (χ1n) is 25.8. The molecule has 66 heavy (non-hydrogen) atoms.